The summed E-state index contributed by atoms with van der Waals surface area (Å²) in [4.78, 5) is 1.90. The van der Waals surface area contributed by atoms with Crippen LogP contribution < -0.4 is 0 Å². The van der Waals surface area contributed by atoms with Crippen LogP contribution in [0.3, 0.4) is 0 Å². The molecule has 0 unspecified atom stereocenters. The number of aromatic amines is 1. The van der Waals surface area contributed by atoms with E-state index in [0.29, 0.717) is 0 Å². The van der Waals surface area contributed by atoms with Crippen molar-refractivity contribution in [1.29, 1.82) is 10.8 Å². The molecule has 5 heteroatoms. The molecule has 0 aliphatic carbocycles. The molecule has 5 nitrogen and oxygen atoms in total. The van der Waals surface area contributed by atoms with Crippen LogP contribution in [0.4, 0.5) is 0 Å². The number of hydrogen-bond donors (Lipinski definition) is 3. The molecule has 0 bridgehead atoms. The Morgan fingerprint density at radius 3 is 2.74 bits per heavy atom. The quantitative estimate of drug-likeness (QED) is 0.581. The largest absolute Gasteiger partial charge is 0.353 e. The maximum Gasteiger partial charge on any atom is 0.147 e. The van der Waals surface area contributed by atoms with E-state index in [2.05, 4.69) is 10.2 Å². The van der Waals surface area contributed by atoms with E-state index in [-0.39, 0.29) is 17.6 Å². The number of H-pyrrole nitrogens is 1. The number of nitrogens with zero attached hydrogens (tertiary/aromatic N) is 2. The van der Waals surface area contributed by atoms with Gasteiger partial charge in [0.05, 0.1) is 11.7 Å². The molecule has 0 aliphatic heterocycles. The summed E-state index contributed by atoms with van der Waals surface area (Å²) in [5.41, 5.74) is 1.94. The molecule has 0 saturated carbocycles. The highest BCUT2D eigenvalue weighted by molar-refractivity contribution is 6.45. The minimum Gasteiger partial charge on any atom is -0.353 e. The SMILES string of the molecule is CCN(C(=N)C(=N)c1ccc2[nH]ncc2c1)C(C)C. The summed E-state index contributed by atoms with van der Waals surface area (Å²) in [5, 5.41) is 24.2. The van der Waals surface area contributed by atoms with Crippen molar-refractivity contribution in [3.63, 3.8) is 0 Å². The average molecular weight is 257 g/mol. The molecule has 0 atom stereocenters. The molecule has 0 amide bonds. The number of benzene rings is 1. The number of hydrogen-bond acceptors (Lipinski definition) is 3. The third-order valence-electron chi connectivity index (χ3n) is 3.22. The van der Waals surface area contributed by atoms with E-state index in [0.717, 1.165) is 23.0 Å². The van der Waals surface area contributed by atoms with Crippen molar-refractivity contribution in [2.45, 2.75) is 26.8 Å². The van der Waals surface area contributed by atoms with E-state index < -0.39 is 0 Å². The van der Waals surface area contributed by atoms with E-state index >= 15 is 0 Å². The molecule has 0 fully saturated rings. The summed E-state index contributed by atoms with van der Waals surface area (Å²) in [7, 11) is 0. The highest BCUT2D eigenvalue weighted by atomic mass is 15.2. The normalized spacial score (nSPS) is 10.9. The third kappa shape index (κ3) is 2.50. The van der Waals surface area contributed by atoms with Gasteiger partial charge in [0.25, 0.3) is 0 Å². The molecule has 1 aromatic heterocycles. The van der Waals surface area contributed by atoms with E-state index in [4.69, 9.17) is 10.8 Å². The Hall–Kier alpha value is -2.17. The van der Waals surface area contributed by atoms with Gasteiger partial charge in [0.1, 0.15) is 11.5 Å². The van der Waals surface area contributed by atoms with Crippen LogP contribution in [-0.2, 0) is 0 Å². The Labute approximate surface area is 112 Å². The van der Waals surface area contributed by atoms with Gasteiger partial charge >= 0.3 is 0 Å². The van der Waals surface area contributed by atoms with Gasteiger partial charge in [-0.3, -0.25) is 15.9 Å². The fraction of sp³-hybridized carbons (Fsp3) is 0.357. The van der Waals surface area contributed by atoms with Gasteiger partial charge in [0.2, 0.25) is 0 Å². The summed E-state index contributed by atoms with van der Waals surface area (Å²) in [6.07, 6.45) is 1.73. The lowest BCUT2D eigenvalue weighted by Crippen LogP contribution is -2.40. The van der Waals surface area contributed by atoms with Crippen LogP contribution in [0.1, 0.15) is 26.3 Å². The number of rotatable bonds is 4. The minimum atomic E-state index is 0.218. The molecular weight excluding hydrogens is 238 g/mol. The van der Waals surface area contributed by atoms with Crippen molar-refractivity contribution in [2.75, 3.05) is 6.54 Å². The number of fused-ring (bicyclic) bond motifs is 1. The molecule has 0 spiro atoms. The molecule has 1 aromatic carbocycles. The molecule has 19 heavy (non-hydrogen) atoms. The molecule has 0 saturated heterocycles. The van der Waals surface area contributed by atoms with Crippen LogP contribution in [0.25, 0.3) is 10.9 Å². The zero-order valence-electron chi connectivity index (χ0n) is 11.5. The number of nitrogens with one attached hydrogen (secondary N) is 3. The van der Waals surface area contributed by atoms with Crippen LogP contribution >= 0.6 is 0 Å². The first-order chi connectivity index (χ1) is 9.04. The molecule has 0 radical (unpaired) electrons. The molecule has 1 heterocycles. The maximum absolute atomic E-state index is 8.19. The van der Waals surface area contributed by atoms with Crippen LogP contribution in [0.2, 0.25) is 0 Å². The first-order valence-corrected chi connectivity index (χ1v) is 6.42. The van der Waals surface area contributed by atoms with Gasteiger partial charge in [0, 0.05) is 23.5 Å². The summed E-state index contributed by atoms with van der Waals surface area (Å²) in [5.74, 6) is 0.264. The maximum atomic E-state index is 8.19. The van der Waals surface area contributed by atoms with Crippen LogP contribution in [0.15, 0.2) is 24.4 Å². The average Bonchev–Trinajstić information content (AvgIpc) is 2.85. The van der Waals surface area contributed by atoms with Crippen molar-refractivity contribution >= 4 is 22.5 Å². The van der Waals surface area contributed by atoms with Gasteiger partial charge in [0.15, 0.2) is 0 Å². The van der Waals surface area contributed by atoms with Crippen molar-refractivity contribution in [3.8, 4) is 0 Å². The second kappa shape index (κ2) is 5.22. The summed E-state index contributed by atoms with van der Waals surface area (Å²) in [6.45, 7) is 6.79. The first kappa shape index (κ1) is 13.3. The van der Waals surface area contributed by atoms with Gasteiger partial charge in [-0.1, -0.05) is 6.07 Å². The summed E-state index contributed by atoms with van der Waals surface area (Å²) >= 11 is 0. The first-order valence-electron chi connectivity index (χ1n) is 6.42. The van der Waals surface area contributed by atoms with Crippen LogP contribution in [0.5, 0.6) is 0 Å². The van der Waals surface area contributed by atoms with E-state index in [1.807, 2.05) is 43.9 Å². The molecule has 100 valence electrons. The Kier molecular flexibility index (Phi) is 3.64. The molecule has 0 aliphatic rings. The van der Waals surface area contributed by atoms with E-state index in [1.165, 1.54) is 0 Å². The van der Waals surface area contributed by atoms with Crippen LogP contribution in [0, 0.1) is 10.8 Å². The minimum absolute atomic E-state index is 0.218. The topological polar surface area (TPSA) is 79.6 Å². The standard InChI is InChI=1S/C14H19N5/c1-4-19(9(2)3)14(16)13(15)10-5-6-12-11(7-10)8-17-18-12/h5-9,15-16H,4H2,1-3H3,(H,17,18). The molecule has 2 rings (SSSR count). The van der Waals surface area contributed by atoms with E-state index in [9.17, 15) is 0 Å². The summed E-state index contributed by atoms with van der Waals surface area (Å²) in [6, 6.07) is 5.86. The fourth-order valence-corrected chi connectivity index (χ4v) is 2.16. The van der Waals surface area contributed by atoms with Crippen molar-refractivity contribution < 1.29 is 0 Å². The predicted molar refractivity (Wildman–Crippen MR) is 78.2 cm³/mol. The molecular formula is C14H19N5. The second-order valence-electron chi connectivity index (χ2n) is 4.78. The lowest BCUT2D eigenvalue weighted by Gasteiger charge is -2.28. The Morgan fingerprint density at radius 2 is 2.11 bits per heavy atom. The van der Waals surface area contributed by atoms with Crippen molar-refractivity contribution in [3.05, 3.63) is 30.0 Å². The zero-order chi connectivity index (χ0) is 14.0. The number of aromatic nitrogens is 2. The van der Waals surface area contributed by atoms with Gasteiger partial charge in [-0.25, -0.2) is 0 Å². The van der Waals surface area contributed by atoms with Gasteiger partial charge < -0.3 is 4.90 Å². The second-order valence-corrected chi connectivity index (χ2v) is 4.78. The van der Waals surface area contributed by atoms with Crippen LogP contribution in [-0.4, -0.2) is 39.2 Å². The predicted octanol–water partition coefficient (Wildman–Crippen LogP) is 2.64. The zero-order valence-corrected chi connectivity index (χ0v) is 11.5. The lowest BCUT2D eigenvalue weighted by atomic mass is 10.1. The molecule has 2 aromatic rings. The Morgan fingerprint density at radius 1 is 1.37 bits per heavy atom. The van der Waals surface area contributed by atoms with Gasteiger partial charge in [-0.2, -0.15) is 5.10 Å². The third-order valence-corrected chi connectivity index (χ3v) is 3.22. The van der Waals surface area contributed by atoms with E-state index in [1.54, 1.807) is 6.20 Å². The molecule has 3 N–H and O–H groups in total. The number of amidine groups is 1. The highest BCUT2D eigenvalue weighted by Gasteiger charge is 2.17. The van der Waals surface area contributed by atoms with Gasteiger partial charge in [-0.15, -0.1) is 0 Å². The summed E-state index contributed by atoms with van der Waals surface area (Å²) < 4.78 is 0. The Bertz CT molecular complexity index is 611. The highest BCUT2D eigenvalue weighted by Crippen LogP contribution is 2.14. The van der Waals surface area contributed by atoms with Crippen molar-refractivity contribution in [2.24, 2.45) is 0 Å². The van der Waals surface area contributed by atoms with Crippen molar-refractivity contribution in [1.82, 2.24) is 15.1 Å². The smallest absolute Gasteiger partial charge is 0.147 e. The van der Waals surface area contributed by atoms with Gasteiger partial charge in [-0.05, 0) is 32.9 Å². The lowest BCUT2D eigenvalue weighted by molar-refractivity contribution is 0.369. The number of likely N-dealkylation sites (N-methyl/N-ethyl adjacent to an activating group) is 1. The monoisotopic (exact) mass is 257 g/mol. The fourth-order valence-electron chi connectivity index (χ4n) is 2.16. The Balaban J connectivity index is 2.30.